The molecule has 2 nitrogen and oxygen atoms in total. The van der Waals surface area contributed by atoms with Crippen LogP contribution in [0.5, 0.6) is 0 Å². The lowest BCUT2D eigenvalue weighted by Gasteiger charge is -2.24. The Balaban J connectivity index is 2.28. The molecule has 1 aromatic carbocycles. The Kier molecular flexibility index (Phi) is 3.64. The summed E-state index contributed by atoms with van der Waals surface area (Å²) in [5.41, 5.74) is 3.22. The summed E-state index contributed by atoms with van der Waals surface area (Å²) in [6.07, 6.45) is 0.102. The van der Waals surface area contributed by atoms with Crippen molar-refractivity contribution in [3.8, 4) is 0 Å². The van der Waals surface area contributed by atoms with Crippen LogP contribution < -0.4 is 5.32 Å². The van der Waals surface area contributed by atoms with Gasteiger partial charge in [-0.25, -0.2) is 0 Å². The quantitative estimate of drug-likeness (QED) is 0.854. The van der Waals surface area contributed by atoms with Crippen LogP contribution in [0.4, 0.5) is 0 Å². The molecule has 0 aliphatic carbocycles. The fourth-order valence-corrected chi connectivity index (χ4v) is 2.07. The zero-order chi connectivity index (χ0) is 11.5. The van der Waals surface area contributed by atoms with E-state index in [1.54, 1.807) is 0 Å². The zero-order valence-corrected chi connectivity index (χ0v) is 10.2. The number of morpholine rings is 1. The van der Waals surface area contributed by atoms with E-state index in [4.69, 9.17) is 16.3 Å². The molecule has 0 bridgehead atoms. The second-order valence-electron chi connectivity index (χ2n) is 4.12. The predicted molar refractivity (Wildman–Crippen MR) is 67.7 cm³/mol. The molecule has 0 radical (unpaired) electrons. The van der Waals surface area contributed by atoms with Crippen molar-refractivity contribution in [2.45, 2.75) is 13.0 Å². The topological polar surface area (TPSA) is 21.3 Å². The van der Waals surface area contributed by atoms with Crippen LogP contribution in [0.25, 0.3) is 5.57 Å². The SMILES string of the molecule is C=C(C)c1cc(Cl)cc(C2CNCCO2)c1. The largest absolute Gasteiger partial charge is 0.371 e. The molecule has 2 rings (SSSR count). The fraction of sp³-hybridized carbons (Fsp3) is 0.385. The van der Waals surface area contributed by atoms with Gasteiger partial charge >= 0.3 is 0 Å². The van der Waals surface area contributed by atoms with Gasteiger partial charge in [-0.2, -0.15) is 0 Å². The summed E-state index contributed by atoms with van der Waals surface area (Å²) in [7, 11) is 0. The Bertz CT molecular complexity index is 397. The first-order valence-electron chi connectivity index (χ1n) is 5.45. The monoisotopic (exact) mass is 237 g/mol. The Morgan fingerprint density at radius 2 is 2.31 bits per heavy atom. The molecule has 1 unspecified atom stereocenters. The van der Waals surface area contributed by atoms with Crippen LogP contribution in [-0.2, 0) is 4.74 Å². The van der Waals surface area contributed by atoms with Crippen LogP contribution in [0.2, 0.25) is 5.02 Å². The smallest absolute Gasteiger partial charge is 0.0950 e. The van der Waals surface area contributed by atoms with E-state index in [-0.39, 0.29) is 6.10 Å². The molecule has 1 aromatic rings. The van der Waals surface area contributed by atoms with Crippen LogP contribution in [0.3, 0.4) is 0 Å². The number of hydrogen-bond donors (Lipinski definition) is 1. The predicted octanol–water partition coefficient (Wildman–Crippen LogP) is 3.03. The second-order valence-corrected chi connectivity index (χ2v) is 4.55. The van der Waals surface area contributed by atoms with Gasteiger partial charge in [0, 0.05) is 18.1 Å². The minimum Gasteiger partial charge on any atom is -0.371 e. The van der Waals surface area contributed by atoms with Crippen LogP contribution in [0.15, 0.2) is 24.8 Å². The number of ether oxygens (including phenoxy) is 1. The van der Waals surface area contributed by atoms with E-state index in [2.05, 4.69) is 18.0 Å². The van der Waals surface area contributed by atoms with E-state index in [1.807, 2.05) is 19.1 Å². The van der Waals surface area contributed by atoms with Crippen LogP contribution in [-0.4, -0.2) is 19.7 Å². The van der Waals surface area contributed by atoms with Crippen LogP contribution in [0, 0.1) is 0 Å². The van der Waals surface area contributed by atoms with Crippen molar-refractivity contribution in [3.63, 3.8) is 0 Å². The molecule has 0 saturated carbocycles. The van der Waals surface area contributed by atoms with Crippen molar-refractivity contribution >= 4 is 17.2 Å². The first kappa shape index (κ1) is 11.6. The Hall–Kier alpha value is -0.830. The molecule has 1 N–H and O–H groups in total. The molecule has 0 amide bonds. The lowest BCUT2D eigenvalue weighted by atomic mass is 10.0. The third-order valence-electron chi connectivity index (χ3n) is 2.71. The van der Waals surface area contributed by atoms with E-state index >= 15 is 0 Å². The molecule has 1 saturated heterocycles. The standard InChI is InChI=1S/C13H16ClNO/c1-9(2)10-5-11(7-12(14)6-10)13-8-15-3-4-16-13/h5-7,13,15H,1,3-4,8H2,2H3. The zero-order valence-electron chi connectivity index (χ0n) is 9.42. The van der Waals surface area contributed by atoms with Gasteiger partial charge in [0.1, 0.15) is 0 Å². The summed E-state index contributed by atoms with van der Waals surface area (Å²) >= 11 is 6.10. The Morgan fingerprint density at radius 1 is 1.50 bits per heavy atom. The highest BCUT2D eigenvalue weighted by Gasteiger charge is 2.16. The average Bonchev–Trinajstić information content (AvgIpc) is 2.29. The van der Waals surface area contributed by atoms with Crippen molar-refractivity contribution in [2.75, 3.05) is 19.7 Å². The Morgan fingerprint density at radius 3 is 2.94 bits per heavy atom. The highest BCUT2D eigenvalue weighted by atomic mass is 35.5. The van der Waals surface area contributed by atoms with Gasteiger partial charge in [0.25, 0.3) is 0 Å². The highest BCUT2D eigenvalue weighted by Crippen LogP contribution is 2.26. The summed E-state index contributed by atoms with van der Waals surface area (Å²) < 4.78 is 5.70. The van der Waals surface area contributed by atoms with Gasteiger partial charge < -0.3 is 10.1 Å². The number of benzene rings is 1. The maximum atomic E-state index is 6.10. The number of rotatable bonds is 2. The third kappa shape index (κ3) is 2.64. The van der Waals surface area contributed by atoms with E-state index in [1.165, 1.54) is 0 Å². The molecule has 3 heteroatoms. The van der Waals surface area contributed by atoms with Gasteiger partial charge in [0.05, 0.1) is 12.7 Å². The van der Waals surface area contributed by atoms with E-state index in [0.29, 0.717) is 0 Å². The van der Waals surface area contributed by atoms with Gasteiger partial charge in [-0.15, -0.1) is 0 Å². The van der Waals surface area contributed by atoms with Crippen LogP contribution >= 0.6 is 11.6 Å². The Labute approximate surface area is 101 Å². The van der Waals surface area contributed by atoms with Crippen molar-refractivity contribution in [3.05, 3.63) is 40.9 Å². The molecular formula is C13H16ClNO. The lowest BCUT2D eigenvalue weighted by molar-refractivity contribution is 0.0277. The molecule has 0 aromatic heterocycles. The molecule has 86 valence electrons. The van der Waals surface area contributed by atoms with Crippen LogP contribution in [0.1, 0.15) is 24.2 Å². The minimum atomic E-state index is 0.102. The summed E-state index contributed by atoms with van der Waals surface area (Å²) in [4.78, 5) is 0. The van der Waals surface area contributed by atoms with Crippen molar-refractivity contribution in [1.82, 2.24) is 5.32 Å². The van der Waals surface area contributed by atoms with Gasteiger partial charge in [-0.1, -0.05) is 23.8 Å². The maximum Gasteiger partial charge on any atom is 0.0950 e. The average molecular weight is 238 g/mol. The molecule has 1 fully saturated rings. The van der Waals surface area contributed by atoms with Crippen molar-refractivity contribution in [1.29, 1.82) is 0 Å². The molecule has 1 aliphatic heterocycles. The van der Waals surface area contributed by atoms with E-state index in [0.717, 1.165) is 41.4 Å². The summed E-state index contributed by atoms with van der Waals surface area (Å²) in [6.45, 7) is 8.43. The summed E-state index contributed by atoms with van der Waals surface area (Å²) in [5.74, 6) is 0. The third-order valence-corrected chi connectivity index (χ3v) is 2.93. The molecule has 1 atom stereocenters. The lowest BCUT2D eigenvalue weighted by Crippen LogP contribution is -2.33. The normalized spacial score (nSPS) is 20.8. The van der Waals surface area contributed by atoms with E-state index in [9.17, 15) is 0 Å². The maximum absolute atomic E-state index is 6.10. The van der Waals surface area contributed by atoms with Gasteiger partial charge in [0.15, 0.2) is 0 Å². The first-order valence-corrected chi connectivity index (χ1v) is 5.83. The number of hydrogen-bond acceptors (Lipinski definition) is 2. The minimum absolute atomic E-state index is 0.102. The molecular weight excluding hydrogens is 222 g/mol. The number of nitrogens with one attached hydrogen (secondary N) is 1. The molecule has 0 spiro atoms. The van der Waals surface area contributed by atoms with Crippen molar-refractivity contribution < 1.29 is 4.74 Å². The van der Waals surface area contributed by atoms with Gasteiger partial charge in [-0.3, -0.25) is 0 Å². The van der Waals surface area contributed by atoms with Gasteiger partial charge in [0.2, 0.25) is 0 Å². The second kappa shape index (κ2) is 5.00. The van der Waals surface area contributed by atoms with Gasteiger partial charge in [-0.05, 0) is 36.2 Å². The summed E-state index contributed by atoms with van der Waals surface area (Å²) in [6, 6.07) is 6.00. The number of allylic oxidation sites excluding steroid dienone is 1. The van der Waals surface area contributed by atoms with Crippen molar-refractivity contribution in [2.24, 2.45) is 0 Å². The van der Waals surface area contributed by atoms with E-state index < -0.39 is 0 Å². The molecule has 16 heavy (non-hydrogen) atoms. The molecule has 1 aliphatic rings. The molecule has 1 heterocycles. The highest BCUT2D eigenvalue weighted by molar-refractivity contribution is 6.30. The first-order chi connectivity index (χ1) is 7.66. The summed E-state index contributed by atoms with van der Waals surface area (Å²) in [5, 5.41) is 4.05. The fourth-order valence-electron chi connectivity index (χ4n) is 1.82. The number of halogens is 1.